The second kappa shape index (κ2) is 5.40. The van der Waals surface area contributed by atoms with Crippen LogP contribution in [-0.2, 0) is 11.3 Å². The van der Waals surface area contributed by atoms with Gasteiger partial charge in [0.2, 0.25) is 5.91 Å². The number of fused-ring (bicyclic) bond motifs is 1. The van der Waals surface area contributed by atoms with E-state index in [2.05, 4.69) is 10.3 Å². The van der Waals surface area contributed by atoms with Gasteiger partial charge >= 0.3 is 5.76 Å². The summed E-state index contributed by atoms with van der Waals surface area (Å²) in [7, 11) is 0. The summed E-state index contributed by atoms with van der Waals surface area (Å²) in [6, 6.07) is 7.12. The predicted octanol–water partition coefficient (Wildman–Crippen LogP) is 1.29. The van der Waals surface area contributed by atoms with Crippen LogP contribution in [0.4, 0.5) is 0 Å². The van der Waals surface area contributed by atoms with Crippen molar-refractivity contribution in [1.82, 2.24) is 10.3 Å². The van der Waals surface area contributed by atoms with E-state index in [1.807, 2.05) is 6.07 Å². The topological polar surface area (TPSA) is 98.9 Å². The summed E-state index contributed by atoms with van der Waals surface area (Å²) in [5, 5.41) is 11.5. The summed E-state index contributed by atoms with van der Waals surface area (Å²) >= 11 is 0. The van der Waals surface area contributed by atoms with Crippen LogP contribution in [0.25, 0.3) is 11.1 Å². The van der Waals surface area contributed by atoms with Gasteiger partial charge in [0.25, 0.3) is 0 Å². The molecule has 0 fully saturated rings. The molecule has 0 bridgehead atoms. The Morgan fingerprint density at radius 3 is 3.05 bits per heavy atom. The fourth-order valence-electron chi connectivity index (χ4n) is 1.75. The van der Waals surface area contributed by atoms with Crippen molar-refractivity contribution in [2.24, 2.45) is 5.92 Å². The van der Waals surface area contributed by atoms with Crippen LogP contribution in [-0.4, -0.2) is 10.9 Å². The van der Waals surface area contributed by atoms with E-state index in [4.69, 9.17) is 9.68 Å². The summed E-state index contributed by atoms with van der Waals surface area (Å²) in [6.45, 7) is 2.08. The summed E-state index contributed by atoms with van der Waals surface area (Å²) in [4.78, 5) is 25.2. The summed E-state index contributed by atoms with van der Waals surface area (Å²) in [6.07, 6.45) is 0.480. The highest BCUT2D eigenvalue weighted by Crippen LogP contribution is 2.12. The average Bonchev–Trinajstić information content (AvgIpc) is 2.77. The van der Waals surface area contributed by atoms with E-state index in [-0.39, 0.29) is 5.91 Å². The minimum atomic E-state index is -0.631. The Balaban J connectivity index is 2.08. The van der Waals surface area contributed by atoms with Crippen molar-refractivity contribution in [3.05, 3.63) is 34.3 Å². The molecule has 19 heavy (non-hydrogen) atoms. The number of benzene rings is 1. The third kappa shape index (κ3) is 2.83. The first kappa shape index (κ1) is 12.9. The van der Waals surface area contributed by atoms with Crippen LogP contribution in [0.15, 0.2) is 27.4 Å². The number of carbonyl (C=O) groups is 1. The van der Waals surface area contributed by atoms with E-state index in [0.29, 0.717) is 24.1 Å². The number of amides is 1. The molecular formula is C13H13N3O3. The van der Waals surface area contributed by atoms with E-state index in [9.17, 15) is 9.59 Å². The number of aromatic nitrogens is 1. The van der Waals surface area contributed by atoms with E-state index in [1.54, 1.807) is 25.1 Å². The molecule has 0 saturated carbocycles. The van der Waals surface area contributed by atoms with Gasteiger partial charge in [0.1, 0.15) is 5.92 Å². The Labute approximate surface area is 109 Å². The smallest absolute Gasteiger partial charge is 0.408 e. The molecule has 1 aromatic carbocycles. The Bertz CT molecular complexity index is 693. The molecule has 2 rings (SSSR count). The predicted molar refractivity (Wildman–Crippen MR) is 68.1 cm³/mol. The zero-order valence-electron chi connectivity index (χ0n) is 10.4. The quantitative estimate of drug-likeness (QED) is 0.864. The average molecular weight is 259 g/mol. The van der Waals surface area contributed by atoms with Gasteiger partial charge in [0.15, 0.2) is 5.58 Å². The van der Waals surface area contributed by atoms with Crippen LogP contribution in [0.1, 0.15) is 18.9 Å². The van der Waals surface area contributed by atoms with Gasteiger partial charge in [-0.2, -0.15) is 5.26 Å². The van der Waals surface area contributed by atoms with Gasteiger partial charge in [0, 0.05) is 6.54 Å². The minimum absolute atomic E-state index is 0.291. The summed E-state index contributed by atoms with van der Waals surface area (Å²) in [5.41, 5.74) is 1.86. The minimum Gasteiger partial charge on any atom is -0.408 e. The van der Waals surface area contributed by atoms with Crippen molar-refractivity contribution in [2.75, 3.05) is 0 Å². The number of hydrogen-bond donors (Lipinski definition) is 2. The number of oxazole rings is 1. The standard InChI is InChI=1S/C13H13N3O3/c1-2-9(6-14)12(17)15-7-8-3-4-10-11(5-8)19-13(18)16-10/h3-5,9H,2,7H2,1H3,(H,15,17)(H,16,18). The Hall–Kier alpha value is -2.55. The maximum Gasteiger partial charge on any atom is 0.417 e. The highest BCUT2D eigenvalue weighted by molar-refractivity contribution is 5.81. The van der Waals surface area contributed by atoms with E-state index >= 15 is 0 Å². The van der Waals surface area contributed by atoms with Crippen LogP contribution in [0.5, 0.6) is 0 Å². The number of H-pyrrole nitrogens is 1. The van der Waals surface area contributed by atoms with Gasteiger partial charge in [-0.1, -0.05) is 13.0 Å². The van der Waals surface area contributed by atoms with Crippen LogP contribution in [0.3, 0.4) is 0 Å². The molecule has 2 N–H and O–H groups in total. The van der Waals surface area contributed by atoms with Gasteiger partial charge in [0.05, 0.1) is 11.6 Å². The molecule has 1 amide bonds. The molecule has 2 aromatic rings. The van der Waals surface area contributed by atoms with E-state index in [1.165, 1.54) is 0 Å². The molecule has 1 unspecified atom stereocenters. The molecule has 0 spiro atoms. The third-order valence-corrected chi connectivity index (χ3v) is 2.83. The molecule has 0 radical (unpaired) electrons. The van der Waals surface area contributed by atoms with E-state index < -0.39 is 11.7 Å². The van der Waals surface area contributed by atoms with Crippen molar-refractivity contribution in [3.8, 4) is 6.07 Å². The number of hydrogen-bond acceptors (Lipinski definition) is 4. The SMILES string of the molecule is CCC(C#N)C(=O)NCc1ccc2[nH]c(=O)oc2c1. The molecule has 0 aliphatic carbocycles. The zero-order chi connectivity index (χ0) is 13.8. The van der Waals surface area contributed by atoms with Crippen LogP contribution in [0.2, 0.25) is 0 Å². The maximum atomic E-state index is 11.6. The van der Waals surface area contributed by atoms with Crippen molar-refractivity contribution in [1.29, 1.82) is 5.26 Å². The fraction of sp³-hybridized carbons (Fsp3) is 0.308. The number of nitriles is 1. The van der Waals surface area contributed by atoms with Crippen molar-refractivity contribution in [3.63, 3.8) is 0 Å². The lowest BCUT2D eigenvalue weighted by Gasteiger charge is -2.07. The highest BCUT2D eigenvalue weighted by Gasteiger charge is 2.14. The summed E-state index contributed by atoms with van der Waals surface area (Å²) in [5.74, 6) is -1.43. The van der Waals surface area contributed by atoms with Crippen molar-refractivity contribution < 1.29 is 9.21 Å². The molecule has 98 valence electrons. The first-order valence-corrected chi connectivity index (χ1v) is 5.93. The fourth-order valence-corrected chi connectivity index (χ4v) is 1.75. The van der Waals surface area contributed by atoms with E-state index in [0.717, 1.165) is 5.56 Å². The van der Waals surface area contributed by atoms with Crippen LogP contribution < -0.4 is 11.1 Å². The number of nitrogens with one attached hydrogen (secondary N) is 2. The lowest BCUT2D eigenvalue weighted by atomic mass is 10.1. The molecule has 1 aromatic heterocycles. The summed E-state index contributed by atoms with van der Waals surface area (Å²) < 4.78 is 4.93. The second-order valence-corrected chi connectivity index (χ2v) is 4.15. The highest BCUT2D eigenvalue weighted by atomic mass is 16.4. The lowest BCUT2D eigenvalue weighted by Crippen LogP contribution is -2.29. The number of aromatic amines is 1. The number of rotatable bonds is 4. The third-order valence-electron chi connectivity index (χ3n) is 2.83. The largest absolute Gasteiger partial charge is 0.417 e. The monoisotopic (exact) mass is 259 g/mol. The molecule has 6 nitrogen and oxygen atoms in total. The van der Waals surface area contributed by atoms with Gasteiger partial charge in [-0.05, 0) is 24.1 Å². The van der Waals surface area contributed by atoms with Gasteiger partial charge < -0.3 is 9.73 Å². The zero-order valence-corrected chi connectivity index (χ0v) is 10.4. The Kier molecular flexibility index (Phi) is 3.66. The van der Waals surface area contributed by atoms with Gasteiger partial charge in [-0.3, -0.25) is 9.78 Å². The van der Waals surface area contributed by atoms with Crippen molar-refractivity contribution >= 4 is 17.0 Å². The van der Waals surface area contributed by atoms with Gasteiger partial charge in [-0.15, -0.1) is 0 Å². The van der Waals surface area contributed by atoms with Crippen LogP contribution in [0, 0.1) is 17.2 Å². The first-order chi connectivity index (χ1) is 9.13. The Morgan fingerprint density at radius 2 is 2.37 bits per heavy atom. The maximum absolute atomic E-state index is 11.6. The molecule has 1 heterocycles. The van der Waals surface area contributed by atoms with Crippen LogP contribution >= 0.6 is 0 Å². The van der Waals surface area contributed by atoms with Gasteiger partial charge in [-0.25, -0.2) is 4.79 Å². The Morgan fingerprint density at radius 1 is 1.58 bits per heavy atom. The molecule has 0 aliphatic rings. The molecule has 6 heteroatoms. The number of carbonyl (C=O) groups excluding carboxylic acids is 1. The second-order valence-electron chi connectivity index (χ2n) is 4.15. The normalized spacial score (nSPS) is 12.0. The van der Waals surface area contributed by atoms with Crippen molar-refractivity contribution in [2.45, 2.75) is 19.9 Å². The molecule has 1 atom stereocenters. The lowest BCUT2D eigenvalue weighted by molar-refractivity contribution is -0.123. The molecule has 0 aliphatic heterocycles. The number of nitrogens with zero attached hydrogens (tertiary/aromatic N) is 1. The molecule has 0 saturated heterocycles. The molecular weight excluding hydrogens is 246 g/mol. The first-order valence-electron chi connectivity index (χ1n) is 5.93.